The monoisotopic (exact) mass is 544 g/mol. The molecule has 39 heavy (non-hydrogen) atoms. The summed E-state index contributed by atoms with van der Waals surface area (Å²) in [6.07, 6.45) is 2.58. The summed E-state index contributed by atoms with van der Waals surface area (Å²) in [5.74, 6) is -4.65. The zero-order valence-electron chi connectivity index (χ0n) is 21.9. The molecule has 13 heteroatoms. The molecular formula is C26H36N6O7. The van der Waals surface area contributed by atoms with Gasteiger partial charge in [0, 0.05) is 31.2 Å². The molecular weight excluding hydrogens is 508 g/mol. The molecule has 1 heterocycles. The van der Waals surface area contributed by atoms with Crippen LogP contribution in [0.1, 0.15) is 44.4 Å². The fraction of sp³-hybridized carbons (Fsp3) is 0.462. The third-order valence-corrected chi connectivity index (χ3v) is 5.85. The van der Waals surface area contributed by atoms with Gasteiger partial charge in [-0.05, 0) is 24.3 Å². The number of aromatic amines is 1. The summed E-state index contributed by atoms with van der Waals surface area (Å²) in [5.41, 5.74) is 7.25. The summed E-state index contributed by atoms with van der Waals surface area (Å²) in [4.78, 5) is 68.6. The number of benzene rings is 1. The largest absolute Gasteiger partial charge is 0.481 e. The summed E-state index contributed by atoms with van der Waals surface area (Å²) in [7, 11) is 0. The van der Waals surface area contributed by atoms with Crippen molar-refractivity contribution in [2.24, 2.45) is 11.7 Å². The Kier molecular flexibility index (Phi) is 12.1. The van der Waals surface area contributed by atoms with E-state index in [1.807, 2.05) is 13.8 Å². The van der Waals surface area contributed by atoms with Gasteiger partial charge in [-0.25, -0.2) is 9.78 Å². The SMILES string of the molecule is CC(C)CC(NC(=O)C(CCC(=O)O)NC(=O)C(N)Cc1cnc[nH]1)C(=O)NC(Cc1ccccc1)C(=O)O. The van der Waals surface area contributed by atoms with Crippen molar-refractivity contribution >= 4 is 29.7 Å². The molecule has 4 unspecified atom stereocenters. The molecule has 2 rings (SSSR count). The van der Waals surface area contributed by atoms with Crippen molar-refractivity contribution in [3.05, 3.63) is 54.1 Å². The predicted molar refractivity (Wildman–Crippen MR) is 140 cm³/mol. The lowest BCUT2D eigenvalue weighted by Crippen LogP contribution is -2.57. The number of amides is 3. The van der Waals surface area contributed by atoms with E-state index < -0.39 is 60.2 Å². The van der Waals surface area contributed by atoms with Crippen molar-refractivity contribution in [1.29, 1.82) is 0 Å². The molecule has 0 aliphatic carbocycles. The molecule has 4 atom stereocenters. The second-order valence-corrected chi connectivity index (χ2v) is 9.66. The van der Waals surface area contributed by atoms with Gasteiger partial charge >= 0.3 is 11.9 Å². The van der Waals surface area contributed by atoms with Gasteiger partial charge in [0.1, 0.15) is 18.1 Å². The predicted octanol–water partition coefficient (Wildman–Crippen LogP) is -0.0279. The lowest BCUT2D eigenvalue weighted by Gasteiger charge is -2.26. The van der Waals surface area contributed by atoms with E-state index in [2.05, 4.69) is 25.9 Å². The average molecular weight is 545 g/mol. The summed E-state index contributed by atoms with van der Waals surface area (Å²) >= 11 is 0. The minimum absolute atomic E-state index is 0.0375. The highest BCUT2D eigenvalue weighted by Crippen LogP contribution is 2.10. The summed E-state index contributed by atoms with van der Waals surface area (Å²) < 4.78 is 0. The van der Waals surface area contributed by atoms with Gasteiger partial charge < -0.3 is 36.9 Å². The molecule has 0 saturated carbocycles. The van der Waals surface area contributed by atoms with Crippen molar-refractivity contribution in [3.8, 4) is 0 Å². The topological polar surface area (TPSA) is 217 Å². The van der Waals surface area contributed by atoms with Crippen LogP contribution in [0.5, 0.6) is 0 Å². The van der Waals surface area contributed by atoms with Gasteiger partial charge in [0.25, 0.3) is 0 Å². The number of carbonyl (C=O) groups is 5. The van der Waals surface area contributed by atoms with Gasteiger partial charge in [0.15, 0.2) is 0 Å². The van der Waals surface area contributed by atoms with E-state index in [0.29, 0.717) is 11.3 Å². The molecule has 0 radical (unpaired) electrons. The highest BCUT2D eigenvalue weighted by atomic mass is 16.4. The van der Waals surface area contributed by atoms with E-state index in [9.17, 15) is 29.1 Å². The third-order valence-electron chi connectivity index (χ3n) is 5.85. The molecule has 13 nitrogen and oxygen atoms in total. The van der Waals surface area contributed by atoms with E-state index in [1.54, 1.807) is 30.3 Å². The molecule has 0 fully saturated rings. The molecule has 1 aromatic heterocycles. The minimum Gasteiger partial charge on any atom is -0.481 e. The first-order valence-electron chi connectivity index (χ1n) is 12.6. The lowest BCUT2D eigenvalue weighted by atomic mass is 10.0. The number of nitrogens with zero attached hydrogens (tertiary/aromatic N) is 1. The number of carboxylic acid groups (broad SMARTS) is 2. The van der Waals surface area contributed by atoms with Crippen molar-refractivity contribution in [1.82, 2.24) is 25.9 Å². The number of aromatic nitrogens is 2. The van der Waals surface area contributed by atoms with Crippen LogP contribution in [-0.2, 0) is 36.8 Å². The average Bonchev–Trinajstić information content (AvgIpc) is 3.38. The quantitative estimate of drug-likeness (QED) is 0.151. The first-order valence-corrected chi connectivity index (χ1v) is 12.6. The smallest absolute Gasteiger partial charge is 0.326 e. The van der Waals surface area contributed by atoms with Gasteiger partial charge in [0.2, 0.25) is 17.7 Å². The number of hydrogen-bond donors (Lipinski definition) is 7. The maximum atomic E-state index is 13.2. The van der Waals surface area contributed by atoms with Crippen LogP contribution in [-0.4, -0.2) is 74.0 Å². The number of H-pyrrole nitrogens is 1. The fourth-order valence-electron chi connectivity index (χ4n) is 3.84. The molecule has 1 aromatic carbocycles. The molecule has 0 bridgehead atoms. The molecule has 0 saturated heterocycles. The molecule has 2 aromatic rings. The molecule has 0 spiro atoms. The molecule has 0 aliphatic heterocycles. The number of nitrogens with one attached hydrogen (secondary N) is 4. The number of imidazole rings is 1. The van der Waals surface area contributed by atoms with E-state index in [4.69, 9.17) is 10.8 Å². The van der Waals surface area contributed by atoms with E-state index in [0.717, 1.165) is 0 Å². The van der Waals surface area contributed by atoms with Crippen LogP contribution in [0.15, 0.2) is 42.9 Å². The minimum atomic E-state index is -1.29. The van der Waals surface area contributed by atoms with Crippen molar-refractivity contribution in [2.45, 2.75) is 70.1 Å². The van der Waals surface area contributed by atoms with Crippen LogP contribution in [0, 0.1) is 5.92 Å². The number of hydrogen-bond acceptors (Lipinski definition) is 7. The number of aliphatic carboxylic acids is 2. The Balaban J connectivity index is 2.13. The van der Waals surface area contributed by atoms with Crippen LogP contribution in [0.25, 0.3) is 0 Å². The maximum absolute atomic E-state index is 13.2. The standard InChI is InChI=1S/C26H36N6O7/c1-15(2)10-20(25(37)32-21(26(38)39)11-16-6-4-3-5-7-16)31-24(36)19(8-9-22(33)34)30-23(35)18(27)12-17-13-28-14-29-17/h3-7,13-15,18-21H,8-12,27H2,1-2H3,(H,28,29)(H,30,35)(H,31,36)(H,32,37)(H,33,34)(H,38,39). The highest BCUT2D eigenvalue weighted by Gasteiger charge is 2.31. The zero-order valence-corrected chi connectivity index (χ0v) is 21.9. The summed E-state index contributed by atoms with van der Waals surface area (Å²) in [6, 6.07) is 4.07. The van der Waals surface area contributed by atoms with Crippen LogP contribution < -0.4 is 21.7 Å². The Labute approximate surface area is 226 Å². The summed E-state index contributed by atoms with van der Waals surface area (Å²) in [6.45, 7) is 3.65. The van der Waals surface area contributed by atoms with Gasteiger partial charge in [-0.1, -0.05) is 44.2 Å². The molecule has 8 N–H and O–H groups in total. The van der Waals surface area contributed by atoms with Crippen LogP contribution in [0.4, 0.5) is 0 Å². The van der Waals surface area contributed by atoms with Crippen LogP contribution in [0.2, 0.25) is 0 Å². The number of nitrogens with two attached hydrogens (primary N) is 1. The van der Waals surface area contributed by atoms with E-state index >= 15 is 0 Å². The molecule has 3 amide bonds. The fourth-order valence-corrected chi connectivity index (χ4v) is 3.84. The maximum Gasteiger partial charge on any atom is 0.326 e. The third kappa shape index (κ3) is 10.9. The van der Waals surface area contributed by atoms with Gasteiger partial charge in [-0.3, -0.25) is 19.2 Å². The second-order valence-electron chi connectivity index (χ2n) is 9.66. The Morgan fingerprint density at radius 3 is 2.08 bits per heavy atom. The van der Waals surface area contributed by atoms with Gasteiger partial charge in [-0.15, -0.1) is 0 Å². The Morgan fingerprint density at radius 2 is 1.51 bits per heavy atom. The normalized spacial score (nSPS) is 14.1. The zero-order chi connectivity index (χ0) is 28.9. The lowest BCUT2D eigenvalue weighted by molar-refractivity contribution is -0.142. The first-order chi connectivity index (χ1) is 18.5. The van der Waals surface area contributed by atoms with Crippen molar-refractivity contribution < 1.29 is 34.2 Å². The highest BCUT2D eigenvalue weighted by molar-refractivity contribution is 5.94. The van der Waals surface area contributed by atoms with Crippen molar-refractivity contribution in [2.75, 3.05) is 0 Å². The number of rotatable bonds is 16. The Bertz CT molecular complexity index is 1110. The number of carbonyl (C=O) groups excluding carboxylic acids is 3. The Hall–Kier alpha value is -4.26. The first kappa shape index (κ1) is 31.0. The van der Waals surface area contributed by atoms with Crippen LogP contribution in [0.3, 0.4) is 0 Å². The van der Waals surface area contributed by atoms with Gasteiger partial charge in [0.05, 0.1) is 12.4 Å². The van der Waals surface area contributed by atoms with Gasteiger partial charge in [-0.2, -0.15) is 0 Å². The molecule has 212 valence electrons. The van der Waals surface area contributed by atoms with Crippen LogP contribution >= 0.6 is 0 Å². The van der Waals surface area contributed by atoms with Crippen molar-refractivity contribution in [3.63, 3.8) is 0 Å². The van der Waals surface area contributed by atoms with E-state index in [-0.39, 0.29) is 31.6 Å². The summed E-state index contributed by atoms with van der Waals surface area (Å²) in [5, 5.41) is 26.3. The Morgan fingerprint density at radius 1 is 0.897 bits per heavy atom. The number of carboxylic acids is 2. The molecule has 0 aliphatic rings. The second kappa shape index (κ2) is 15.2. The van der Waals surface area contributed by atoms with E-state index in [1.165, 1.54) is 12.5 Å².